The molecule has 1 amide bonds. The molecule has 2 heterocycles. The Bertz CT molecular complexity index is 1270. The van der Waals surface area contributed by atoms with E-state index in [1.165, 1.54) is 23.5 Å². The minimum Gasteiger partial charge on any atom is -0.321 e. The van der Waals surface area contributed by atoms with Crippen LogP contribution in [0.5, 0.6) is 0 Å². The van der Waals surface area contributed by atoms with Crippen molar-refractivity contribution in [2.75, 3.05) is 10.0 Å². The van der Waals surface area contributed by atoms with E-state index in [0.717, 1.165) is 15.9 Å². The molecule has 9 heteroatoms. The quantitative estimate of drug-likeness (QED) is 0.504. The van der Waals surface area contributed by atoms with Crippen molar-refractivity contribution >= 4 is 48.9 Å². The molecule has 0 aliphatic carbocycles. The number of benzene rings is 2. The van der Waals surface area contributed by atoms with Crippen LogP contribution in [0.2, 0.25) is 0 Å². The Balaban J connectivity index is 1.54. The minimum absolute atomic E-state index is 0.170. The Morgan fingerprint density at radius 2 is 1.76 bits per heavy atom. The first-order chi connectivity index (χ1) is 13.8. The standard InChI is InChI=1S/C20H18N4O3S2/c1-13-17-12-18(28-20(17)24(2)22-13)19(25)21-14-7-6-8-15(11-14)23-29(26,27)16-9-4-3-5-10-16/h3-12,23H,1-2H3,(H,21,25). The SMILES string of the molecule is Cc1nn(C)c2sc(C(=O)Nc3cccc(NS(=O)(=O)c4ccccc4)c3)cc12. The number of hydrogen-bond acceptors (Lipinski definition) is 5. The van der Waals surface area contributed by atoms with E-state index in [0.29, 0.717) is 16.3 Å². The van der Waals surface area contributed by atoms with Gasteiger partial charge in [-0.25, -0.2) is 8.42 Å². The zero-order valence-electron chi connectivity index (χ0n) is 15.7. The molecule has 2 N–H and O–H groups in total. The Kier molecular flexibility index (Phi) is 4.85. The van der Waals surface area contributed by atoms with Crippen LogP contribution >= 0.6 is 11.3 Å². The number of thiophene rings is 1. The van der Waals surface area contributed by atoms with Crippen LogP contribution in [0.25, 0.3) is 10.2 Å². The van der Waals surface area contributed by atoms with Crippen molar-refractivity contribution in [3.05, 3.63) is 71.2 Å². The van der Waals surface area contributed by atoms with E-state index in [9.17, 15) is 13.2 Å². The van der Waals surface area contributed by atoms with Crippen molar-refractivity contribution in [2.24, 2.45) is 7.05 Å². The topological polar surface area (TPSA) is 93.1 Å². The highest BCUT2D eigenvalue weighted by Crippen LogP contribution is 2.28. The van der Waals surface area contributed by atoms with Crippen molar-refractivity contribution in [2.45, 2.75) is 11.8 Å². The second-order valence-corrected chi connectivity index (χ2v) is 9.21. The smallest absolute Gasteiger partial charge is 0.265 e. The van der Waals surface area contributed by atoms with Crippen LogP contribution < -0.4 is 10.0 Å². The van der Waals surface area contributed by atoms with Crippen LogP contribution in [0, 0.1) is 6.92 Å². The van der Waals surface area contributed by atoms with Crippen LogP contribution in [0.4, 0.5) is 11.4 Å². The van der Waals surface area contributed by atoms with Gasteiger partial charge < -0.3 is 5.32 Å². The Morgan fingerprint density at radius 3 is 2.48 bits per heavy atom. The summed E-state index contributed by atoms with van der Waals surface area (Å²) in [4.78, 5) is 14.3. The van der Waals surface area contributed by atoms with Gasteiger partial charge in [0.05, 0.1) is 21.2 Å². The first-order valence-electron chi connectivity index (χ1n) is 8.76. The predicted octanol–water partition coefficient (Wildman–Crippen LogP) is 4.00. The van der Waals surface area contributed by atoms with E-state index in [1.54, 1.807) is 47.1 Å². The zero-order valence-corrected chi connectivity index (χ0v) is 17.3. The van der Waals surface area contributed by atoms with Crippen molar-refractivity contribution in [3.8, 4) is 0 Å². The molecule has 0 aliphatic rings. The molecule has 0 aliphatic heterocycles. The summed E-state index contributed by atoms with van der Waals surface area (Å²) in [5.41, 5.74) is 1.73. The number of aryl methyl sites for hydroxylation is 2. The third kappa shape index (κ3) is 3.87. The van der Waals surface area contributed by atoms with Crippen molar-refractivity contribution in [1.29, 1.82) is 0 Å². The molecule has 2 aromatic carbocycles. The fraction of sp³-hybridized carbons (Fsp3) is 0.100. The highest BCUT2D eigenvalue weighted by atomic mass is 32.2. The lowest BCUT2D eigenvalue weighted by molar-refractivity contribution is 0.103. The molecule has 0 fully saturated rings. The van der Waals surface area contributed by atoms with Gasteiger partial charge in [0, 0.05) is 18.1 Å². The average molecular weight is 427 g/mol. The molecule has 0 spiro atoms. The van der Waals surface area contributed by atoms with Gasteiger partial charge in [-0.3, -0.25) is 14.2 Å². The molecule has 7 nitrogen and oxygen atoms in total. The number of anilines is 2. The average Bonchev–Trinajstić information content (AvgIpc) is 3.24. The van der Waals surface area contributed by atoms with Gasteiger partial charge in [-0.2, -0.15) is 5.10 Å². The first kappa shape index (κ1) is 19.2. The van der Waals surface area contributed by atoms with Crippen LogP contribution in [0.3, 0.4) is 0 Å². The predicted molar refractivity (Wildman–Crippen MR) is 115 cm³/mol. The van der Waals surface area contributed by atoms with Gasteiger partial charge in [0.15, 0.2) is 0 Å². The number of carbonyl (C=O) groups excluding carboxylic acids is 1. The second-order valence-electron chi connectivity index (χ2n) is 6.49. The van der Waals surface area contributed by atoms with E-state index in [2.05, 4.69) is 15.1 Å². The molecule has 2 aromatic heterocycles. The number of amides is 1. The van der Waals surface area contributed by atoms with Gasteiger partial charge >= 0.3 is 0 Å². The third-order valence-corrected chi connectivity index (χ3v) is 6.94. The van der Waals surface area contributed by atoms with Gasteiger partial charge in [0.25, 0.3) is 15.9 Å². The molecule has 0 saturated carbocycles. The number of aromatic nitrogens is 2. The summed E-state index contributed by atoms with van der Waals surface area (Å²) in [6.07, 6.45) is 0. The van der Waals surface area contributed by atoms with Gasteiger partial charge in [-0.15, -0.1) is 11.3 Å². The molecule has 0 radical (unpaired) electrons. The molecule has 0 saturated heterocycles. The number of carbonyl (C=O) groups is 1. The van der Waals surface area contributed by atoms with Gasteiger partial charge in [0.1, 0.15) is 4.83 Å². The highest BCUT2D eigenvalue weighted by Gasteiger charge is 2.16. The lowest BCUT2D eigenvalue weighted by atomic mass is 10.2. The molecule has 4 rings (SSSR count). The van der Waals surface area contributed by atoms with E-state index < -0.39 is 10.0 Å². The number of hydrogen-bond donors (Lipinski definition) is 2. The molecule has 0 bridgehead atoms. The number of rotatable bonds is 5. The van der Waals surface area contributed by atoms with E-state index in [4.69, 9.17) is 0 Å². The largest absolute Gasteiger partial charge is 0.321 e. The van der Waals surface area contributed by atoms with Crippen LogP contribution in [0.1, 0.15) is 15.4 Å². The lowest BCUT2D eigenvalue weighted by Crippen LogP contribution is -2.14. The first-order valence-corrected chi connectivity index (χ1v) is 11.1. The second kappa shape index (κ2) is 7.34. The maximum absolute atomic E-state index is 12.7. The molecule has 29 heavy (non-hydrogen) atoms. The summed E-state index contributed by atoms with van der Waals surface area (Å²) in [7, 11) is -1.86. The summed E-state index contributed by atoms with van der Waals surface area (Å²) in [5, 5.41) is 8.11. The Morgan fingerprint density at radius 1 is 1.03 bits per heavy atom. The Labute approximate surface area is 172 Å². The summed E-state index contributed by atoms with van der Waals surface area (Å²) < 4.78 is 29.3. The maximum atomic E-state index is 12.7. The number of nitrogens with zero attached hydrogens (tertiary/aromatic N) is 2. The summed E-state index contributed by atoms with van der Waals surface area (Å²) in [6, 6.07) is 16.5. The normalized spacial score (nSPS) is 11.5. The number of nitrogens with one attached hydrogen (secondary N) is 2. The van der Waals surface area contributed by atoms with Gasteiger partial charge in [-0.05, 0) is 43.3 Å². The summed E-state index contributed by atoms with van der Waals surface area (Å²) >= 11 is 1.36. The number of sulfonamides is 1. The Hall–Kier alpha value is -3.17. The van der Waals surface area contributed by atoms with E-state index >= 15 is 0 Å². The van der Waals surface area contributed by atoms with E-state index in [-0.39, 0.29) is 10.8 Å². The maximum Gasteiger partial charge on any atom is 0.265 e. The number of fused-ring (bicyclic) bond motifs is 1. The molecular weight excluding hydrogens is 408 g/mol. The van der Waals surface area contributed by atoms with E-state index in [1.807, 2.05) is 20.0 Å². The van der Waals surface area contributed by atoms with Crippen molar-refractivity contribution < 1.29 is 13.2 Å². The molecule has 0 atom stereocenters. The van der Waals surface area contributed by atoms with Gasteiger partial charge in [0.2, 0.25) is 0 Å². The minimum atomic E-state index is -3.70. The monoisotopic (exact) mass is 426 g/mol. The fourth-order valence-electron chi connectivity index (χ4n) is 2.98. The molecule has 148 valence electrons. The van der Waals surface area contributed by atoms with Crippen molar-refractivity contribution in [3.63, 3.8) is 0 Å². The van der Waals surface area contributed by atoms with Crippen LogP contribution in [0.15, 0.2) is 65.6 Å². The molecule has 4 aromatic rings. The highest BCUT2D eigenvalue weighted by molar-refractivity contribution is 7.92. The zero-order chi connectivity index (χ0) is 20.6. The van der Waals surface area contributed by atoms with Crippen LogP contribution in [-0.2, 0) is 17.1 Å². The van der Waals surface area contributed by atoms with Gasteiger partial charge in [-0.1, -0.05) is 24.3 Å². The third-order valence-electron chi connectivity index (χ3n) is 4.35. The summed E-state index contributed by atoms with van der Waals surface area (Å²) in [5.74, 6) is -0.256. The van der Waals surface area contributed by atoms with Crippen LogP contribution in [-0.4, -0.2) is 24.1 Å². The molecule has 0 unspecified atom stereocenters. The van der Waals surface area contributed by atoms with Crippen molar-refractivity contribution in [1.82, 2.24) is 9.78 Å². The molecular formula is C20H18N4O3S2. The lowest BCUT2D eigenvalue weighted by Gasteiger charge is -2.10. The summed E-state index contributed by atoms with van der Waals surface area (Å²) in [6.45, 7) is 1.90. The fourth-order valence-corrected chi connectivity index (χ4v) is 5.07.